The molecule has 0 saturated heterocycles. The first-order valence-electron chi connectivity index (χ1n) is 12.7. The maximum Gasteiger partial charge on any atom is 0.0683 e. The highest BCUT2D eigenvalue weighted by Gasteiger charge is 2.39. The number of aromatic nitrogens is 2. The zero-order valence-corrected chi connectivity index (χ0v) is 21.9. The summed E-state index contributed by atoms with van der Waals surface area (Å²) >= 11 is 0. The summed E-state index contributed by atoms with van der Waals surface area (Å²) in [6.07, 6.45) is 16.1. The average molecular weight is 446 g/mol. The number of benzene rings is 1. The molecule has 0 unspecified atom stereocenters. The van der Waals surface area contributed by atoms with Crippen LogP contribution in [0.3, 0.4) is 0 Å². The van der Waals surface area contributed by atoms with Gasteiger partial charge in [0.15, 0.2) is 0 Å². The smallest absolute Gasteiger partial charge is 0.0683 e. The Balaban J connectivity index is 1.67. The Kier molecular flexibility index (Phi) is 8.15. The minimum Gasteiger partial charge on any atom is -0.355 e. The molecule has 0 amide bonds. The standard InChI is InChI=1S/C30H43N3/c1-8-10-11-26(33(7)20-9-2)21-24-14-12-23(13-15-24)16-17-25-22-31-27-28(32-25)30(5,6)19-18-29(27,3)4/h9,11-15,20,22H,8,10,16-19,21H2,1-7H3/b20-9-,26-11+. The van der Waals surface area contributed by atoms with Crippen molar-refractivity contribution < 1.29 is 0 Å². The van der Waals surface area contributed by atoms with Gasteiger partial charge in [-0.1, -0.05) is 77.5 Å². The Morgan fingerprint density at radius 3 is 2.24 bits per heavy atom. The molecule has 0 saturated carbocycles. The van der Waals surface area contributed by atoms with E-state index >= 15 is 0 Å². The molecule has 0 aliphatic heterocycles. The molecular formula is C30H43N3. The van der Waals surface area contributed by atoms with Crippen LogP contribution in [0.2, 0.25) is 0 Å². The zero-order chi connectivity index (χ0) is 24.1. The van der Waals surface area contributed by atoms with Crippen molar-refractivity contribution >= 4 is 0 Å². The van der Waals surface area contributed by atoms with Crippen molar-refractivity contribution in [3.63, 3.8) is 0 Å². The Morgan fingerprint density at radius 2 is 1.61 bits per heavy atom. The van der Waals surface area contributed by atoms with Crippen molar-refractivity contribution in [2.45, 2.75) is 97.3 Å². The maximum atomic E-state index is 5.12. The predicted octanol–water partition coefficient (Wildman–Crippen LogP) is 7.30. The second kappa shape index (κ2) is 10.7. The Labute approximate surface area is 202 Å². The first kappa shape index (κ1) is 25.2. The van der Waals surface area contributed by atoms with Crippen molar-refractivity contribution in [3.05, 3.63) is 82.7 Å². The van der Waals surface area contributed by atoms with E-state index in [1.807, 2.05) is 6.20 Å². The van der Waals surface area contributed by atoms with Gasteiger partial charge >= 0.3 is 0 Å². The van der Waals surface area contributed by atoms with Gasteiger partial charge in [0.1, 0.15) is 0 Å². The summed E-state index contributed by atoms with van der Waals surface area (Å²) in [6.45, 7) is 13.5. The summed E-state index contributed by atoms with van der Waals surface area (Å²) in [5.74, 6) is 0. The molecule has 3 nitrogen and oxygen atoms in total. The van der Waals surface area contributed by atoms with Gasteiger partial charge in [-0.3, -0.25) is 9.97 Å². The van der Waals surface area contributed by atoms with Crippen LogP contribution >= 0.6 is 0 Å². The van der Waals surface area contributed by atoms with Gasteiger partial charge in [0.05, 0.1) is 17.1 Å². The van der Waals surface area contributed by atoms with E-state index in [-0.39, 0.29) is 10.8 Å². The quantitative estimate of drug-likeness (QED) is 0.405. The summed E-state index contributed by atoms with van der Waals surface area (Å²) in [5, 5.41) is 0. The molecule has 0 spiro atoms. The summed E-state index contributed by atoms with van der Waals surface area (Å²) in [7, 11) is 2.14. The second-order valence-electron chi connectivity index (χ2n) is 10.9. The molecule has 1 heterocycles. The van der Waals surface area contributed by atoms with Crippen molar-refractivity contribution in [1.29, 1.82) is 0 Å². The summed E-state index contributed by atoms with van der Waals surface area (Å²) < 4.78 is 0. The number of likely N-dealkylation sites (N-methyl/N-ethyl adjacent to an activating group) is 1. The van der Waals surface area contributed by atoms with E-state index in [2.05, 4.69) is 96.1 Å². The Bertz CT molecular complexity index is 980. The number of allylic oxidation sites excluding steroid dienone is 3. The topological polar surface area (TPSA) is 29.0 Å². The van der Waals surface area contributed by atoms with Crippen LogP contribution in [-0.2, 0) is 30.1 Å². The van der Waals surface area contributed by atoms with E-state index in [0.717, 1.165) is 31.4 Å². The third-order valence-corrected chi connectivity index (χ3v) is 7.05. The highest BCUT2D eigenvalue weighted by molar-refractivity contribution is 5.32. The van der Waals surface area contributed by atoms with Crippen LogP contribution in [0.15, 0.2) is 54.5 Å². The molecule has 1 aromatic carbocycles. The molecule has 33 heavy (non-hydrogen) atoms. The van der Waals surface area contributed by atoms with E-state index in [1.54, 1.807) is 0 Å². The van der Waals surface area contributed by atoms with Crippen LogP contribution < -0.4 is 0 Å². The van der Waals surface area contributed by atoms with Crippen molar-refractivity contribution in [3.8, 4) is 0 Å². The molecule has 1 aliphatic carbocycles. The lowest BCUT2D eigenvalue weighted by molar-refractivity contribution is 0.313. The molecular weight excluding hydrogens is 402 g/mol. The number of hydrogen-bond donors (Lipinski definition) is 0. The molecule has 0 atom stereocenters. The zero-order valence-electron chi connectivity index (χ0n) is 21.9. The van der Waals surface area contributed by atoms with Crippen LogP contribution in [0.4, 0.5) is 0 Å². The van der Waals surface area contributed by atoms with Crippen LogP contribution in [0.1, 0.15) is 95.4 Å². The molecule has 1 aliphatic rings. The fraction of sp³-hybridized carbons (Fsp3) is 0.533. The molecule has 0 bridgehead atoms. The van der Waals surface area contributed by atoms with Gasteiger partial charge in [-0.05, 0) is 56.4 Å². The molecule has 0 radical (unpaired) electrons. The van der Waals surface area contributed by atoms with Crippen molar-refractivity contribution in [1.82, 2.24) is 14.9 Å². The maximum absolute atomic E-state index is 5.12. The third-order valence-electron chi connectivity index (χ3n) is 7.05. The van der Waals surface area contributed by atoms with Crippen LogP contribution in [0, 0.1) is 0 Å². The van der Waals surface area contributed by atoms with Gasteiger partial charge in [-0.2, -0.15) is 0 Å². The Morgan fingerprint density at radius 1 is 0.970 bits per heavy atom. The van der Waals surface area contributed by atoms with Gasteiger partial charge in [0.25, 0.3) is 0 Å². The molecule has 0 N–H and O–H groups in total. The molecule has 3 heteroatoms. The highest BCUT2D eigenvalue weighted by atomic mass is 15.1. The van der Waals surface area contributed by atoms with E-state index in [9.17, 15) is 0 Å². The molecule has 1 aromatic heterocycles. The minimum atomic E-state index is 0.110. The lowest BCUT2D eigenvalue weighted by atomic mass is 9.67. The third kappa shape index (κ3) is 6.34. The number of aryl methyl sites for hydroxylation is 2. The van der Waals surface area contributed by atoms with E-state index in [0.29, 0.717) is 0 Å². The average Bonchev–Trinajstić information content (AvgIpc) is 2.79. The van der Waals surface area contributed by atoms with Crippen LogP contribution in [0.5, 0.6) is 0 Å². The van der Waals surface area contributed by atoms with Crippen molar-refractivity contribution in [2.24, 2.45) is 0 Å². The van der Waals surface area contributed by atoms with Crippen molar-refractivity contribution in [2.75, 3.05) is 7.05 Å². The molecule has 178 valence electrons. The van der Waals surface area contributed by atoms with Gasteiger partial charge in [0.2, 0.25) is 0 Å². The van der Waals surface area contributed by atoms with Gasteiger partial charge in [-0.25, -0.2) is 0 Å². The number of rotatable bonds is 9. The monoisotopic (exact) mass is 445 g/mol. The summed E-state index contributed by atoms with van der Waals surface area (Å²) in [5.41, 5.74) is 7.83. The fourth-order valence-electron chi connectivity index (χ4n) is 4.65. The van der Waals surface area contributed by atoms with E-state index in [4.69, 9.17) is 9.97 Å². The normalized spacial score (nSPS) is 17.2. The largest absolute Gasteiger partial charge is 0.355 e. The Hall–Kier alpha value is -2.42. The van der Waals surface area contributed by atoms with Crippen LogP contribution in [-0.4, -0.2) is 21.9 Å². The van der Waals surface area contributed by atoms with Gasteiger partial charge in [0, 0.05) is 36.2 Å². The fourth-order valence-corrected chi connectivity index (χ4v) is 4.65. The van der Waals surface area contributed by atoms with Gasteiger partial charge in [-0.15, -0.1) is 0 Å². The first-order valence-corrected chi connectivity index (χ1v) is 12.7. The SMILES string of the molecule is C/C=C\N(C)/C(=C/CCC)Cc1ccc(CCc2cnc3c(n2)C(C)(C)CCC3(C)C)cc1. The van der Waals surface area contributed by atoms with Crippen LogP contribution in [0.25, 0.3) is 0 Å². The number of hydrogen-bond acceptors (Lipinski definition) is 3. The highest BCUT2D eigenvalue weighted by Crippen LogP contribution is 2.43. The van der Waals surface area contributed by atoms with E-state index < -0.39 is 0 Å². The second-order valence-corrected chi connectivity index (χ2v) is 10.9. The first-order chi connectivity index (χ1) is 15.7. The number of fused-ring (bicyclic) bond motifs is 1. The minimum absolute atomic E-state index is 0.110. The summed E-state index contributed by atoms with van der Waals surface area (Å²) in [6, 6.07) is 9.12. The molecule has 2 aromatic rings. The lowest BCUT2D eigenvalue weighted by Gasteiger charge is -2.39. The van der Waals surface area contributed by atoms with Gasteiger partial charge < -0.3 is 4.90 Å². The van der Waals surface area contributed by atoms with E-state index in [1.165, 1.54) is 47.5 Å². The summed E-state index contributed by atoms with van der Waals surface area (Å²) in [4.78, 5) is 12.3. The lowest BCUT2D eigenvalue weighted by Crippen LogP contribution is -2.36. The predicted molar refractivity (Wildman–Crippen MR) is 140 cm³/mol. The molecule has 3 rings (SSSR count). The number of unbranched alkanes of at least 4 members (excludes halogenated alkanes) is 1. The number of nitrogens with zero attached hydrogens (tertiary/aromatic N) is 3. The molecule has 0 fully saturated rings.